The van der Waals surface area contributed by atoms with E-state index < -0.39 is 24.3 Å². The molecule has 4 atom stereocenters. The van der Waals surface area contributed by atoms with Gasteiger partial charge in [-0.25, -0.2) is 19.6 Å². The summed E-state index contributed by atoms with van der Waals surface area (Å²) in [5.74, 6) is 1.14. The highest BCUT2D eigenvalue weighted by atomic mass is 16.5. The Labute approximate surface area is 416 Å². The number of methoxy groups -OCH3 is 2. The van der Waals surface area contributed by atoms with Gasteiger partial charge >= 0.3 is 12.2 Å². The van der Waals surface area contributed by atoms with E-state index in [0.29, 0.717) is 18.5 Å². The molecule has 14 heteroatoms. The van der Waals surface area contributed by atoms with Crippen molar-refractivity contribution in [2.75, 3.05) is 27.3 Å². The zero-order valence-electron chi connectivity index (χ0n) is 42.0. The molecule has 2 saturated heterocycles. The Morgan fingerprint density at radius 1 is 0.592 bits per heavy atom. The third-order valence-corrected chi connectivity index (χ3v) is 17.3. The predicted octanol–water partition coefficient (Wildman–Crippen LogP) is 10.3. The predicted molar refractivity (Wildman–Crippen MR) is 271 cm³/mol. The molecule has 2 aromatic heterocycles. The van der Waals surface area contributed by atoms with Crippen LogP contribution in [-0.4, -0.2) is 93.1 Å². The summed E-state index contributed by atoms with van der Waals surface area (Å²) in [6.07, 6.45) is 16.0. The molecule has 0 bridgehead atoms. The first-order chi connectivity index (χ1) is 34.2. The molecular weight excluding hydrogens is 893 g/mol. The van der Waals surface area contributed by atoms with Crippen molar-refractivity contribution >= 4 is 24.0 Å². The second-order valence-electron chi connectivity index (χ2n) is 22.8. The summed E-state index contributed by atoms with van der Waals surface area (Å²) in [4.78, 5) is 73.4. The number of fused-ring (bicyclic) bond motifs is 1. The number of aromatic nitrogens is 4. The summed E-state index contributed by atoms with van der Waals surface area (Å²) in [5, 5.41) is 5.56. The van der Waals surface area contributed by atoms with Crippen LogP contribution in [0.15, 0.2) is 73.1 Å². The monoisotopic (exact) mass is 961 g/mol. The topological polar surface area (TPSA) is 175 Å². The lowest BCUT2D eigenvalue weighted by Gasteiger charge is -2.30. The number of ether oxygens (including phenoxy) is 2. The zero-order chi connectivity index (χ0) is 49.4. The summed E-state index contributed by atoms with van der Waals surface area (Å²) < 4.78 is 9.73. The van der Waals surface area contributed by atoms with E-state index in [0.717, 1.165) is 91.1 Å². The lowest BCUT2D eigenvalue weighted by molar-refractivity contribution is -0.136. The van der Waals surface area contributed by atoms with E-state index in [1.54, 1.807) is 0 Å². The van der Waals surface area contributed by atoms with Gasteiger partial charge in [0.15, 0.2) is 0 Å². The minimum Gasteiger partial charge on any atom is -0.453 e. The molecule has 5 aromatic rings. The Bertz CT molecular complexity index is 2850. The normalized spacial score (nSPS) is 21.8. The van der Waals surface area contributed by atoms with Gasteiger partial charge in [-0.1, -0.05) is 95.1 Å². The molecule has 71 heavy (non-hydrogen) atoms. The number of rotatable bonds is 12. The molecule has 3 aromatic carbocycles. The number of hydrogen-bond acceptors (Lipinski definition) is 8. The number of hydrogen-bond donors (Lipinski definition) is 4. The van der Waals surface area contributed by atoms with Gasteiger partial charge in [0.1, 0.15) is 23.7 Å². The van der Waals surface area contributed by atoms with Crippen LogP contribution in [0.25, 0.3) is 44.8 Å². The van der Waals surface area contributed by atoms with Gasteiger partial charge in [0.05, 0.1) is 50.1 Å². The third-order valence-electron chi connectivity index (χ3n) is 17.3. The summed E-state index contributed by atoms with van der Waals surface area (Å²) in [6.45, 7) is 9.09. The number of benzene rings is 3. The molecule has 4 amide bonds. The lowest BCUT2D eigenvalue weighted by Crippen LogP contribution is -2.51. The van der Waals surface area contributed by atoms with Crippen molar-refractivity contribution in [3.05, 3.63) is 95.8 Å². The number of nitrogens with zero attached hydrogens (tertiary/aromatic N) is 4. The van der Waals surface area contributed by atoms with E-state index in [-0.39, 0.29) is 46.6 Å². The fourth-order valence-electron chi connectivity index (χ4n) is 12.7. The smallest absolute Gasteiger partial charge is 0.407 e. The van der Waals surface area contributed by atoms with E-state index >= 15 is 0 Å². The van der Waals surface area contributed by atoms with Gasteiger partial charge in [0.2, 0.25) is 11.8 Å². The fourth-order valence-corrected chi connectivity index (χ4v) is 12.7. The SMILES string of the molecule is COC(=O)N[C@H](C(=O)N1CC2(CC2)C[C@H]1c1ncc(-c2ccc(-c3cc4c(c(-c5ccc(-c6cnc([C@@H]7CC8(CC8)CN7C(=O)[C@@H](NC(=O)OC)C(C)C)[nH]6)cc5)c3)CC3(CCCC3)C4)cc2)[nH]1)C(C)C. The number of carbonyl (C=O) groups excluding carboxylic acids is 4. The van der Waals surface area contributed by atoms with Crippen molar-refractivity contribution in [3.63, 3.8) is 0 Å². The number of imidazole rings is 2. The molecule has 3 saturated carbocycles. The third kappa shape index (κ3) is 8.89. The van der Waals surface area contributed by atoms with Crippen LogP contribution < -0.4 is 10.6 Å². The van der Waals surface area contributed by atoms with Crippen LogP contribution in [0.3, 0.4) is 0 Å². The molecule has 4 aliphatic carbocycles. The molecule has 4 heterocycles. The van der Waals surface area contributed by atoms with E-state index in [9.17, 15) is 19.2 Å². The summed E-state index contributed by atoms with van der Waals surface area (Å²) >= 11 is 0. The van der Waals surface area contributed by atoms with Crippen molar-refractivity contribution in [2.45, 2.75) is 129 Å². The Hall–Kier alpha value is -6.44. The molecular formula is C57H68N8O6. The maximum atomic E-state index is 14.1. The van der Waals surface area contributed by atoms with E-state index in [4.69, 9.17) is 19.4 Å². The minimum atomic E-state index is -0.687. The first-order valence-electron chi connectivity index (χ1n) is 26.0. The van der Waals surface area contributed by atoms with Gasteiger partial charge in [0, 0.05) is 13.1 Å². The van der Waals surface area contributed by atoms with E-state index in [1.165, 1.54) is 67.7 Å². The molecule has 11 rings (SSSR count). The van der Waals surface area contributed by atoms with Crippen molar-refractivity contribution < 1.29 is 28.7 Å². The number of alkyl carbamates (subject to hydrolysis) is 2. The highest BCUT2D eigenvalue weighted by Crippen LogP contribution is 2.60. The number of carbonyl (C=O) groups is 4. The number of likely N-dealkylation sites (tertiary alicyclic amines) is 2. The molecule has 6 aliphatic rings. The van der Waals surface area contributed by atoms with Crippen LogP contribution >= 0.6 is 0 Å². The van der Waals surface area contributed by atoms with Gasteiger partial charge in [0.25, 0.3) is 0 Å². The van der Waals surface area contributed by atoms with E-state index in [1.807, 2.05) is 49.9 Å². The number of H-pyrrole nitrogens is 2. The lowest BCUT2D eigenvalue weighted by atomic mass is 9.83. The summed E-state index contributed by atoms with van der Waals surface area (Å²) in [6, 6.07) is 20.6. The number of nitrogens with one attached hydrogen (secondary N) is 4. The summed E-state index contributed by atoms with van der Waals surface area (Å²) in [7, 11) is 2.64. The highest BCUT2D eigenvalue weighted by molar-refractivity contribution is 5.88. The van der Waals surface area contributed by atoms with Gasteiger partial charge < -0.3 is 39.9 Å². The summed E-state index contributed by atoms with van der Waals surface area (Å²) in [5.41, 5.74) is 12.2. The molecule has 0 radical (unpaired) electrons. The fraction of sp³-hybridized carbons (Fsp3) is 0.509. The van der Waals surface area contributed by atoms with Crippen molar-refractivity contribution in [2.24, 2.45) is 28.1 Å². The van der Waals surface area contributed by atoms with Crippen LogP contribution in [-0.2, 0) is 31.9 Å². The van der Waals surface area contributed by atoms with Gasteiger partial charge in [-0.2, -0.15) is 0 Å². The van der Waals surface area contributed by atoms with Gasteiger partial charge in [-0.05, 0) is 143 Å². The molecule has 4 N–H and O–H groups in total. The van der Waals surface area contributed by atoms with Crippen LogP contribution in [0.5, 0.6) is 0 Å². The Kier molecular flexibility index (Phi) is 11.9. The Balaban J connectivity index is 0.838. The van der Waals surface area contributed by atoms with Crippen LogP contribution in [0.1, 0.15) is 127 Å². The largest absolute Gasteiger partial charge is 0.453 e. The highest BCUT2D eigenvalue weighted by Gasteiger charge is 2.56. The standard InChI is InChI=1S/C57H68N8O6/c1-33(2)47(62-53(68)70-5)51(66)64-31-56(19-20-56)27-45(64)49-58-29-43(60-49)37-13-9-35(10-14-37)39-23-40-25-55(17-7-8-18-55)26-42(40)41(24-39)36-11-15-38(16-12-36)44-30-59-50(61-44)46-28-57(21-22-57)32-65(46)52(67)48(34(3)4)63-54(69)71-6/h9-16,23-24,29-30,33-34,45-48H,7-8,17-22,25-28,31-32H2,1-6H3,(H,58,60)(H,59,61)(H,62,68)(H,63,69)/t45-,46-,47-,48-/m0/s1. The van der Waals surface area contributed by atoms with E-state index in [2.05, 4.69) is 81.3 Å². The van der Waals surface area contributed by atoms with Gasteiger partial charge in [-0.3, -0.25) is 9.59 Å². The zero-order valence-corrected chi connectivity index (χ0v) is 42.0. The van der Waals surface area contributed by atoms with Crippen molar-refractivity contribution in [3.8, 4) is 44.8 Å². The Morgan fingerprint density at radius 2 is 1.04 bits per heavy atom. The molecule has 14 nitrogen and oxygen atoms in total. The minimum absolute atomic E-state index is 0.0971. The van der Waals surface area contributed by atoms with Crippen molar-refractivity contribution in [1.82, 2.24) is 40.4 Å². The maximum Gasteiger partial charge on any atom is 0.407 e. The first kappa shape index (κ1) is 46.9. The second kappa shape index (κ2) is 18.0. The van der Waals surface area contributed by atoms with Gasteiger partial charge in [-0.15, -0.1) is 0 Å². The molecule has 5 fully saturated rings. The average molecular weight is 961 g/mol. The molecule has 3 spiro atoms. The van der Waals surface area contributed by atoms with Crippen LogP contribution in [0, 0.1) is 28.1 Å². The first-order valence-corrected chi connectivity index (χ1v) is 26.0. The molecule has 0 unspecified atom stereocenters. The molecule has 2 aliphatic heterocycles. The second-order valence-corrected chi connectivity index (χ2v) is 22.8. The maximum absolute atomic E-state index is 14.1. The quantitative estimate of drug-likeness (QED) is 0.0956. The number of aromatic amines is 2. The number of amides is 4. The van der Waals surface area contributed by atoms with Crippen LogP contribution in [0.4, 0.5) is 9.59 Å². The average Bonchev–Trinajstić information content (AvgIpc) is 3.80. The molecule has 372 valence electrons. The van der Waals surface area contributed by atoms with Crippen molar-refractivity contribution in [1.29, 1.82) is 0 Å². The van der Waals surface area contributed by atoms with Crippen LogP contribution in [0.2, 0.25) is 0 Å². The Morgan fingerprint density at radius 3 is 1.48 bits per heavy atom.